The summed E-state index contributed by atoms with van der Waals surface area (Å²) < 4.78 is 34.8. The lowest BCUT2D eigenvalue weighted by atomic mass is 9.44. The zero-order valence-electron chi connectivity index (χ0n) is 20.3. The molecule has 0 unspecified atom stereocenters. The van der Waals surface area contributed by atoms with E-state index in [1.807, 2.05) is 17.7 Å². The zero-order chi connectivity index (χ0) is 25.7. The van der Waals surface area contributed by atoms with Crippen molar-refractivity contribution < 1.29 is 28.3 Å². The van der Waals surface area contributed by atoms with E-state index in [0.29, 0.717) is 26.1 Å². The molecule has 5 aliphatic rings. The average molecular weight is 520 g/mol. The second kappa shape index (κ2) is 7.82. The van der Waals surface area contributed by atoms with Gasteiger partial charge in [-0.15, -0.1) is 12.6 Å². The van der Waals surface area contributed by atoms with Gasteiger partial charge in [0.05, 0.1) is 12.4 Å². The third-order valence-electron chi connectivity index (χ3n) is 10.2. The number of hydrogen-bond acceptors (Lipinski definition) is 6. The van der Waals surface area contributed by atoms with E-state index in [1.165, 1.54) is 18.2 Å². The van der Waals surface area contributed by atoms with Gasteiger partial charge >= 0.3 is 0 Å². The zero-order valence-corrected chi connectivity index (χ0v) is 21.2. The number of fused-ring (bicyclic) bond motifs is 7. The van der Waals surface area contributed by atoms with E-state index in [1.54, 1.807) is 24.5 Å². The fourth-order valence-electron chi connectivity index (χ4n) is 8.46. The predicted molar refractivity (Wildman–Crippen MR) is 129 cm³/mol. The molecule has 1 N–H and O–H groups in total. The minimum atomic E-state index is -2.18. The summed E-state index contributed by atoms with van der Waals surface area (Å²) in [5, 5.41) is 12.8. The van der Waals surface area contributed by atoms with Crippen molar-refractivity contribution in [3.05, 3.63) is 42.5 Å². The van der Waals surface area contributed by atoms with Gasteiger partial charge in [0.1, 0.15) is 6.17 Å². The highest BCUT2D eigenvalue weighted by atomic mass is 32.1. The van der Waals surface area contributed by atoms with Crippen LogP contribution < -0.4 is 0 Å². The number of carbonyl (C=O) groups excluding carboxylic acids is 2. The number of alkyl halides is 2. The SMILES string of the molecule is C[C@]12C=CC(=O)C=C1[C@@H](F)C[C@H]1[C@@H]3C[C@H]4CN(CCn5ccnc5)O[C@@]4(C(=O)S)[C@@]3(C)C[C@H](O)[C@@]12F. The Bertz CT molecular complexity index is 1180. The lowest BCUT2D eigenvalue weighted by molar-refractivity contribution is -0.264. The predicted octanol–water partition coefficient (Wildman–Crippen LogP) is 2.87. The Morgan fingerprint density at radius 2 is 2.08 bits per heavy atom. The van der Waals surface area contributed by atoms with Crippen molar-refractivity contribution in [2.45, 2.75) is 63.2 Å². The number of aromatic nitrogens is 2. The largest absolute Gasteiger partial charge is 0.390 e. The Morgan fingerprint density at radius 1 is 1.31 bits per heavy atom. The molecular weight excluding hydrogens is 488 g/mol. The average Bonchev–Trinajstić information content (AvgIpc) is 3.52. The lowest BCUT2D eigenvalue weighted by Crippen LogP contribution is -2.70. The van der Waals surface area contributed by atoms with E-state index in [2.05, 4.69) is 17.6 Å². The summed E-state index contributed by atoms with van der Waals surface area (Å²) in [6.45, 7) is 5.05. The molecule has 6 rings (SSSR count). The van der Waals surface area contributed by atoms with E-state index in [-0.39, 0.29) is 30.1 Å². The Labute approximate surface area is 213 Å². The van der Waals surface area contributed by atoms with Crippen molar-refractivity contribution in [3.8, 4) is 0 Å². The van der Waals surface area contributed by atoms with Gasteiger partial charge in [0, 0.05) is 54.7 Å². The highest BCUT2D eigenvalue weighted by Gasteiger charge is 2.79. The van der Waals surface area contributed by atoms with Crippen molar-refractivity contribution in [1.82, 2.24) is 14.6 Å². The van der Waals surface area contributed by atoms with E-state index >= 15 is 8.78 Å². The molecule has 10 heteroatoms. The molecule has 3 saturated carbocycles. The Kier molecular flexibility index (Phi) is 5.31. The molecule has 4 aliphatic carbocycles. The molecule has 0 aromatic carbocycles. The first-order valence-electron chi connectivity index (χ1n) is 12.6. The minimum Gasteiger partial charge on any atom is -0.390 e. The number of allylic oxidation sites excluding steroid dienone is 4. The Hall–Kier alpha value is -1.88. The highest BCUT2D eigenvalue weighted by Crippen LogP contribution is 2.72. The molecule has 0 spiro atoms. The first-order valence-corrected chi connectivity index (χ1v) is 13.0. The minimum absolute atomic E-state index is 0.0234. The number of nitrogens with zero attached hydrogens (tertiary/aromatic N) is 3. The fraction of sp³-hybridized carbons (Fsp3) is 0.654. The van der Waals surface area contributed by atoms with Crippen LogP contribution in [0.1, 0.15) is 33.1 Å². The molecule has 1 aromatic heterocycles. The monoisotopic (exact) mass is 519 g/mol. The lowest BCUT2D eigenvalue weighted by Gasteiger charge is -2.63. The number of imidazole rings is 1. The van der Waals surface area contributed by atoms with Crippen LogP contribution in [0, 0.1) is 28.6 Å². The maximum atomic E-state index is 17.3. The second-order valence-electron chi connectivity index (χ2n) is 11.6. The summed E-state index contributed by atoms with van der Waals surface area (Å²) in [7, 11) is 0. The summed E-state index contributed by atoms with van der Waals surface area (Å²) in [5.41, 5.74) is -5.80. The molecule has 1 aliphatic heterocycles. The standard InChI is InChI=1S/C26H31F2N3O4S/c1-23-4-3-16(32)10-19(23)20(27)11-18-17-9-15-13-31(8-7-30-6-5-29-14-30)35-26(15,22(34)36)24(17,2)12-21(33)25(18,23)28/h3-6,10,14-15,17-18,20-21,33H,7-9,11-13H2,1-2H3,(H,34,36)/t15-,17-,18-,20-,21-,23-,24-,25-,26-/m0/s1. The first-order chi connectivity index (χ1) is 17.0. The number of rotatable bonds is 4. The van der Waals surface area contributed by atoms with Gasteiger partial charge < -0.3 is 9.67 Å². The van der Waals surface area contributed by atoms with E-state index in [0.717, 1.165) is 0 Å². The van der Waals surface area contributed by atoms with Crippen LogP contribution in [0.15, 0.2) is 42.5 Å². The van der Waals surface area contributed by atoms with Gasteiger partial charge in [-0.25, -0.2) is 13.8 Å². The van der Waals surface area contributed by atoms with Gasteiger partial charge in [-0.2, -0.15) is 5.06 Å². The van der Waals surface area contributed by atoms with Gasteiger partial charge in [-0.1, -0.05) is 13.0 Å². The number of aliphatic hydroxyl groups is 1. The van der Waals surface area contributed by atoms with Crippen LogP contribution in [-0.4, -0.2) is 67.3 Å². The van der Waals surface area contributed by atoms with Crippen LogP contribution >= 0.6 is 12.6 Å². The number of hydrogen-bond donors (Lipinski definition) is 2. The van der Waals surface area contributed by atoms with Gasteiger partial charge in [-0.05, 0) is 49.8 Å². The van der Waals surface area contributed by atoms with Crippen LogP contribution in [0.2, 0.25) is 0 Å². The number of thiol groups is 1. The number of ketones is 1. The van der Waals surface area contributed by atoms with Crippen LogP contribution in [0.4, 0.5) is 8.78 Å². The Morgan fingerprint density at radius 3 is 2.78 bits per heavy atom. The van der Waals surface area contributed by atoms with Gasteiger partial charge in [0.25, 0.3) is 0 Å². The summed E-state index contributed by atoms with van der Waals surface area (Å²) in [6.07, 6.45) is 6.44. The van der Waals surface area contributed by atoms with Crippen LogP contribution in [0.3, 0.4) is 0 Å². The molecule has 0 radical (unpaired) electrons. The molecule has 1 aromatic rings. The molecule has 0 amide bonds. The van der Waals surface area contributed by atoms with Crippen molar-refractivity contribution in [3.63, 3.8) is 0 Å². The molecule has 7 nitrogen and oxygen atoms in total. The maximum absolute atomic E-state index is 17.3. The molecular formula is C26H31F2N3O4S. The summed E-state index contributed by atoms with van der Waals surface area (Å²) >= 11 is 4.27. The van der Waals surface area contributed by atoms with E-state index < -0.39 is 51.3 Å². The van der Waals surface area contributed by atoms with E-state index in [4.69, 9.17) is 4.84 Å². The first kappa shape index (κ1) is 24.5. The number of halogens is 2. The van der Waals surface area contributed by atoms with E-state index in [9.17, 15) is 14.7 Å². The molecule has 0 bridgehead atoms. The molecule has 1 saturated heterocycles. The maximum Gasteiger partial charge on any atom is 0.220 e. The summed E-state index contributed by atoms with van der Waals surface area (Å²) in [6, 6.07) is 0. The molecule has 194 valence electrons. The van der Waals surface area contributed by atoms with Crippen LogP contribution in [0.25, 0.3) is 0 Å². The quantitative estimate of drug-likeness (QED) is 0.596. The summed E-state index contributed by atoms with van der Waals surface area (Å²) in [4.78, 5) is 35.7. The Balaban J connectivity index is 1.36. The van der Waals surface area contributed by atoms with Crippen molar-refractivity contribution in [2.24, 2.45) is 28.6 Å². The molecule has 2 heterocycles. The molecule has 4 fully saturated rings. The number of hydroxylamine groups is 2. The summed E-state index contributed by atoms with van der Waals surface area (Å²) in [5.74, 6) is -1.88. The number of carbonyl (C=O) groups is 2. The van der Waals surface area contributed by atoms with Crippen molar-refractivity contribution in [2.75, 3.05) is 13.1 Å². The normalized spacial score (nSPS) is 47.7. The van der Waals surface area contributed by atoms with Gasteiger partial charge in [0.2, 0.25) is 5.12 Å². The molecule has 36 heavy (non-hydrogen) atoms. The van der Waals surface area contributed by atoms with Crippen molar-refractivity contribution in [1.29, 1.82) is 0 Å². The third-order valence-corrected chi connectivity index (χ3v) is 10.5. The van der Waals surface area contributed by atoms with Crippen molar-refractivity contribution >= 4 is 23.5 Å². The van der Waals surface area contributed by atoms with Gasteiger partial charge in [-0.3, -0.25) is 14.4 Å². The third kappa shape index (κ3) is 2.87. The number of aliphatic hydroxyl groups excluding tert-OH is 1. The second-order valence-corrected chi connectivity index (χ2v) is 12.0. The molecule has 9 atom stereocenters. The highest BCUT2D eigenvalue weighted by molar-refractivity contribution is 7.96. The topological polar surface area (TPSA) is 84.7 Å². The smallest absolute Gasteiger partial charge is 0.220 e. The van der Waals surface area contributed by atoms with Crippen LogP contribution in [-0.2, 0) is 21.0 Å². The van der Waals surface area contributed by atoms with Crippen LogP contribution in [0.5, 0.6) is 0 Å². The fourth-order valence-corrected chi connectivity index (χ4v) is 8.94. The van der Waals surface area contributed by atoms with Gasteiger partial charge in [0.15, 0.2) is 17.1 Å².